The van der Waals surface area contributed by atoms with Gasteiger partial charge in [-0.15, -0.1) is 0 Å². The van der Waals surface area contributed by atoms with Crippen molar-refractivity contribution in [2.45, 2.75) is 30.3 Å². The number of carboxylic acid groups (broad SMARTS) is 2. The number of carbonyl (C=O) groups is 2. The third-order valence-corrected chi connectivity index (χ3v) is 7.81. The molecule has 0 aromatic heterocycles. The molecule has 0 spiro atoms. The minimum absolute atomic E-state index is 0.0277. The van der Waals surface area contributed by atoms with Gasteiger partial charge in [0.15, 0.2) is 0 Å². The normalized spacial score (nSPS) is 16.7. The topological polar surface area (TPSA) is 74.6 Å². The summed E-state index contributed by atoms with van der Waals surface area (Å²) in [5, 5.41) is 17.4. The van der Waals surface area contributed by atoms with Gasteiger partial charge in [0.05, 0.1) is 11.1 Å². The van der Waals surface area contributed by atoms with Crippen LogP contribution in [-0.2, 0) is 31.1 Å². The average molecular weight is 493 g/mol. The maximum atomic E-state index is 10.6. The average Bonchev–Trinajstić information content (AvgIpc) is 3.10. The molecule has 1 aliphatic rings. The molecular weight excluding hydrogens is 468 g/mol. The van der Waals surface area contributed by atoms with E-state index in [0.717, 1.165) is 9.54 Å². The van der Waals surface area contributed by atoms with E-state index in [0.29, 0.717) is 0 Å². The van der Waals surface area contributed by atoms with Crippen molar-refractivity contribution in [2.75, 3.05) is 0 Å². The Morgan fingerprint density at radius 1 is 0.903 bits per heavy atom. The van der Waals surface area contributed by atoms with Crippen molar-refractivity contribution in [1.29, 1.82) is 0 Å². The third kappa shape index (κ3) is 5.04. The first-order valence-corrected chi connectivity index (χ1v) is 11.7. The van der Waals surface area contributed by atoms with Crippen LogP contribution in [-0.4, -0.2) is 22.2 Å². The second kappa shape index (κ2) is 10.2. The van der Waals surface area contributed by atoms with E-state index in [1.165, 1.54) is 49.1 Å². The number of fused-ring (bicyclic) bond motifs is 1. The molecule has 2 atom stereocenters. The summed E-state index contributed by atoms with van der Waals surface area (Å²) in [6.07, 6.45) is 2.57. The molecule has 4 nitrogen and oxygen atoms in total. The summed E-state index contributed by atoms with van der Waals surface area (Å²) >= 11 is 1.67. The fourth-order valence-electron chi connectivity index (χ4n) is 4.13. The van der Waals surface area contributed by atoms with Gasteiger partial charge in [-0.25, -0.2) is 9.59 Å². The van der Waals surface area contributed by atoms with Crippen LogP contribution in [0.3, 0.4) is 0 Å². The maximum Gasteiger partial charge on any atom is 0.335 e. The van der Waals surface area contributed by atoms with Gasteiger partial charge < -0.3 is 10.2 Å². The first-order chi connectivity index (χ1) is 14.8. The van der Waals surface area contributed by atoms with Crippen LogP contribution in [0, 0.1) is 12.8 Å². The number of hydrogen-bond acceptors (Lipinski definition) is 2. The Morgan fingerprint density at radius 3 is 2.03 bits per heavy atom. The van der Waals surface area contributed by atoms with Gasteiger partial charge in [-0.3, -0.25) is 0 Å². The van der Waals surface area contributed by atoms with Crippen LogP contribution in [0.1, 0.15) is 54.4 Å². The van der Waals surface area contributed by atoms with Gasteiger partial charge in [-0.2, -0.15) is 0 Å². The van der Waals surface area contributed by atoms with E-state index in [-0.39, 0.29) is 16.7 Å². The standard InChI is InChI=1S/C17H17.C9H8O4.Zr/c1-2-13-11-15-9-6-10-16(17(15)12-13)14-7-4-3-5-8-14;1-5-6(8(10)11)3-2-4-7(5)9(12)13;/h3-11,13H,2,12H2,1H3;2-4H,1H3,(H,10,11)(H,12,13);. The Hall–Kier alpha value is -2.52. The van der Waals surface area contributed by atoms with Gasteiger partial charge in [0, 0.05) is 0 Å². The third-order valence-electron chi connectivity index (χ3n) is 5.89. The van der Waals surface area contributed by atoms with Crippen molar-refractivity contribution in [1.82, 2.24) is 0 Å². The van der Waals surface area contributed by atoms with Crippen LogP contribution >= 0.6 is 0 Å². The Morgan fingerprint density at radius 2 is 1.48 bits per heavy atom. The van der Waals surface area contributed by atoms with Crippen LogP contribution < -0.4 is 0 Å². The van der Waals surface area contributed by atoms with Gasteiger partial charge in [-0.05, 0) is 24.6 Å². The molecule has 0 bridgehead atoms. The number of carboxylic acids is 2. The molecule has 5 heteroatoms. The summed E-state index contributed by atoms with van der Waals surface area (Å²) in [4.78, 5) is 21.2. The summed E-state index contributed by atoms with van der Waals surface area (Å²) in [7, 11) is 0. The summed E-state index contributed by atoms with van der Waals surface area (Å²) < 4.78 is 0.806. The van der Waals surface area contributed by atoms with E-state index < -0.39 is 11.9 Å². The van der Waals surface area contributed by atoms with Crippen molar-refractivity contribution in [3.05, 3.63) is 94.5 Å². The molecule has 0 saturated carbocycles. The predicted molar refractivity (Wildman–Crippen MR) is 117 cm³/mol. The fraction of sp³-hybridized carbons (Fsp3) is 0.231. The molecule has 2 unspecified atom stereocenters. The van der Waals surface area contributed by atoms with Crippen LogP contribution in [0.25, 0.3) is 11.1 Å². The molecule has 0 fully saturated rings. The fourth-order valence-corrected chi connectivity index (χ4v) is 5.66. The van der Waals surface area contributed by atoms with Crippen LogP contribution in [0.4, 0.5) is 0 Å². The Bertz CT molecular complexity index is 1060. The Kier molecular flexibility index (Phi) is 7.61. The first-order valence-electron chi connectivity index (χ1n) is 10.3. The van der Waals surface area contributed by atoms with Gasteiger partial charge in [0.25, 0.3) is 0 Å². The minimum atomic E-state index is -1.11. The Balaban J connectivity index is 0.000000187. The van der Waals surface area contributed by atoms with Crippen molar-refractivity contribution >= 4 is 11.9 Å². The van der Waals surface area contributed by atoms with Gasteiger partial charge in [0.2, 0.25) is 0 Å². The van der Waals surface area contributed by atoms with Gasteiger partial charge in [-0.1, -0.05) is 6.07 Å². The van der Waals surface area contributed by atoms with Crippen LogP contribution in [0.5, 0.6) is 0 Å². The van der Waals surface area contributed by atoms with Gasteiger partial charge >= 0.3 is 137 Å². The number of hydrogen-bond donors (Lipinski definition) is 2. The van der Waals surface area contributed by atoms with E-state index in [4.69, 9.17) is 10.2 Å². The molecule has 4 rings (SSSR count). The zero-order valence-electron chi connectivity index (χ0n) is 17.6. The number of aromatic carboxylic acids is 2. The van der Waals surface area contributed by atoms with Crippen molar-refractivity contribution in [3.63, 3.8) is 0 Å². The molecule has 0 radical (unpaired) electrons. The van der Waals surface area contributed by atoms with Gasteiger partial charge in [0.1, 0.15) is 0 Å². The molecule has 2 N–H and O–H groups in total. The van der Waals surface area contributed by atoms with Crippen molar-refractivity contribution < 1.29 is 44.5 Å². The zero-order valence-corrected chi connectivity index (χ0v) is 20.1. The number of benzene rings is 3. The molecular formula is C26H25O4Zr. The Labute approximate surface area is 197 Å². The largest absolute Gasteiger partial charge is 0.478 e. The molecule has 1 aliphatic carbocycles. The molecule has 0 saturated heterocycles. The molecule has 3 aromatic rings. The summed E-state index contributed by atoms with van der Waals surface area (Å²) in [6, 6.07) is 21.9. The predicted octanol–water partition coefficient (Wildman–Crippen LogP) is 5.92. The summed E-state index contributed by atoms with van der Waals surface area (Å²) in [5.74, 6) is -1.36. The molecule has 31 heavy (non-hydrogen) atoms. The molecule has 0 aliphatic heterocycles. The van der Waals surface area contributed by atoms with Crippen molar-refractivity contribution in [2.24, 2.45) is 5.92 Å². The van der Waals surface area contributed by atoms with E-state index in [2.05, 4.69) is 55.5 Å². The second-order valence-corrected chi connectivity index (χ2v) is 9.21. The van der Waals surface area contributed by atoms with Crippen LogP contribution in [0.2, 0.25) is 0 Å². The summed E-state index contributed by atoms with van der Waals surface area (Å²) in [6.45, 7) is 3.81. The van der Waals surface area contributed by atoms with E-state index >= 15 is 0 Å². The maximum absolute atomic E-state index is 10.6. The first kappa shape index (κ1) is 23.2. The molecule has 0 amide bonds. The van der Waals surface area contributed by atoms with E-state index in [1.807, 2.05) is 0 Å². The monoisotopic (exact) mass is 491 g/mol. The molecule has 157 valence electrons. The molecule has 3 aromatic carbocycles. The smallest absolute Gasteiger partial charge is 0.335 e. The van der Waals surface area contributed by atoms with E-state index in [9.17, 15) is 9.59 Å². The number of rotatable bonds is 4. The quantitative estimate of drug-likeness (QED) is 0.474. The van der Waals surface area contributed by atoms with Crippen molar-refractivity contribution in [3.8, 4) is 11.1 Å². The minimum Gasteiger partial charge on any atom is -0.478 e. The second-order valence-electron chi connectivity index (χ2n) is 7.68. The molecule has 0 heterocycles. The zero-order chi connectivity index (χ0) is 22.5. The van der Waals surface area contributed by atoms with E-state index in [1.54, 1.807) is 35.8 Å². The summed E-state index contributed by atoms with van der Waals surface area (Å²) in [5.41, 5.74) is 6.38. The SMILES string of the molecule is CCC1Cc2c(-c3ccccc3)cccc2[CH]1[Zr].Cc1c(C(=O)O)cccc1C(=O)O. The van der Waals surface area contributed by atoms with Crippen LogP contribution in [0.15, 0.2) is 66.7 Å².